The molecule has 1 aliphatic carbocycles. The fraction of sp³-hybridized carbons (Fsp3) is 0.696. The molecule has 7 nitrogen and oxygen atoms in total. The van der Waals surface area contributed by atoms with E-state index in [4.69, 9.17) is 5.41 Å². The van der Waals surface area contributed by atoms with Crippen molar-refractivity contribution in [2.24, 2.45) is 5.41 Å². The lowest BCUT2D eigenvalue weighted by Gasteiger charge is -2.42. The van der Waals surface area contributed by atoms with Gasteiger partial charge in [-0.05, 0) is 51.2 Å². The molecule has 1 aromatic heterocycles. The summed E-state index contributed by atoms with van der Waals surface area (Å²) in [5.41, 5.74) is 0.935. The fourth-order valence-corrected chi connectivity index (χ4v) is 4.43. The number of hydrogen-bond donors (Lipinski definition) is 5. The molecule has 7 heteroatoms. The quantitative estimate of drug-likeness (QED) is 0.295. The summed E-state index contributed by atoms with van der Waals surface area (Å²) in [6.07, 6.45) is 9.70. The molecule has 1 fully saturated rings. The van der Waals surface area contributed by atoms with Crippen molar-refractivity contribution in [3.63, 3.8) is 0 Å². The van der Waals surface area contributed by atoms with Crippen molar-refractivity contribution in [3.8, 4) is 0 Å². The van der Waals surface area contributed by atoms with Crippen molar-refractivity contribution >= 4 is 17.6 Å². The number of aliphatic hydroxyl groups excluding tert-OH is 1. The van der Waals surface area contributed by atoms with Crippen LogP contribution >= 0.6 is 0 Å². The van der Waals surface area contributed by atoms with Crippen LogP contribution in [0.2, 0.25) is 0 Å². The highest BCUT2D eigenvalue weighted by Gasteiger charge is 2.37. The standard InChI is InChI=1S/C23H39N5O2/c1-5-20(28-18-10-8-7-9-11-18)23(6-2,15-29)14-26-21-19(12-16(3)13-25-21)22(30)27-17(4)24/h12-13,18,20,28-29H,5-11,14-15H2,1-4H3,(H,25,26)(H2,24,27,30). The number of rotatable bonds is 10. The van der Waals surface area contributed by atoms with Crippen LogP contribution in [0.1, 0.15) is 81.6 Å². The Hall–Kier alpha value is -1.99. The molecule has 1 aromatic rings. The number of hydrogen-bond acceptors (Lipinski definition) is 6. The maximum Gasteiger partial charge on any atom is 0.260 e. The van der Waals surface area contributed by atoms with Gasteiger partial charge in [0.15, 0.2) is 0 Å². The second-order valence-corrected chi connectivity index (χ2v) is 8.68. The van der Waals surface area contributed by atoms with Gasteiger partial charge in [-0.1, -0.05) is 33.1 Å². The van der Waals surface area contributed by atoms with Gasteiger partial charge in [0, 0.05) is 30.2 Å². The van der Waals surface area contributed by atoms with E-state index >= 15 is 0 Å². The Kier molecular flexibility index (Phi) is 9.24. The molecule has 0 spiro atoms. The molecule has 1 aliphatic rings. The lowest BCUT2D eigenvalue weighted by Crippen LogP contribution is -2.54. The number of anilines is 1. The number of amidine groups is 1. The van der Waals surface area contributed by atoms with Crippen LogP contribution in [0.5, 0.6) is 0 Å². The Balaban J connectivity index is 2.20. The molecule has 0 bridgehead atoms. The summed E-state index contributed by atoms with van der Waals surface area (Å²) in [6.45, 7) is 8.26. The van der Waals surface area contributed by atoms with Crippen LogP contribution < -0.4 is 16.0 Å². The van der Waals surface area contributed by atoms with Crippen LogP contribution in [0.15, 0.2) is 12.3 Å². The summed E-state index contributed by atoms with van der Waals surface area (Å²) >= 11 is 0. The molecule has 1 heterocycles. The van der Waals surface area contributed by atoms with E-state index in [1.54, 1.807) is 12.3 Å². The van der Waals surface area contributed by atoms with Gasteiger partial charge in [0.25, 0.3) is 5.91 Å². The van der Waals surface area contributed by atoms with E-state index < -0.39 is 0 Å². The third-order valence-electron chi connectivity index (χ3n) is 6.39. The van der Waals surface area contributed by atoms with Crippen molar-refractivity contribution in [1.29, 1.82) is 5.41 Å². The van der Waals surface area contributed by atoms with Gasteiger partial charge in [0.05, 0.1) is 18.0 Å². The summed E-state index contributed by atoms with van der Waals surface area (Å²) in [4.78, 5) is 17.0. The summed E-state index contributed by atoms with van der Waals surface area (Å²) in [5, 5.41) is 27.7. The highest BCUT2D eigenvalue weighted by Crippen LogP contribution is 2.31. The van der Waals surface area contributed by atoms with E-state index in [-0.39, 0.29) is 29.8 Å². The van der Waals surface area contributed by atoms with Gasteiger partial charge in [0.2, 0.25) is 0 Å². The Morgan fingerprint density at radius 2 is 2.03 bits per heavy atom. The first-order chi connectivity index (χ1) is 14.3. The van der Waals surface area contributed by atoms with Gasteiger partial charge in [-0.2, -0.15) is 0 Å². The van der Waals surface area contributed by atoms with Crippen molar-refractivity contribution in [1.82, 2.24) is 15.6 Å². The minimum absolute atomic E-state index is 0.0573. The number of carbonyl (C=O) groups is 1. The molecule has 0 aromatic carbocycles. The van der Waals surface area contributed by atoms with E-state index in [0.29, 0.717) is 24.0 Å². The molecule has 30 heavy (non-hydrogen) atoms. The lowest BCUT2D eigenvalue weighted by atomic mass is 9.76. The molecule has 2 rings (SSSR count). The summed E-state index contributed by atoms with van der Waals surface area (Å²) in [7, 11) is 0. The molecule has 0 radical (unpaired) electrons. The predicted molar refractivity (Wildman–Crippen MR) is 122 cm³/mol. The first-order valence-corrected chi connectivity index (χ1v) is 11.3. The first-order valence-electron chi connectivity index (χ1n) is 11.3. The van der Waals surface area contributed by atoms with Crippen LogP contribution in [0.4, 0.5) is 5.82 Å². The number of carbonyl (C=O) groups excluding carboxylic acids is 1. The molecule has 1 saturated carbocycles. The maximum absolute atomic E-state index is 12.6. The maximum atomic E-state index is 12.6. The summed E-state index contributed by atoms with van der Waals surface area (Å²) < 4.78 is 0. The minimum Gasteiger partial charge on any atom is -0.396 e. The van der Waals surface area contributed by atoms with Crippen LogP contribution in [0, 0.1) is 17.7 Å². The fourth-order valence-electron chi connectivity index (χ4n) is 4.43. The predicted octanol–water partition coefficient (Wildman–Crippen LogP) is 3.62. The molecule has 0 saturated heterocycles. The van der Waals surface area contributed by atoms with Crippen molar-refractivity contribution in [2.75, 3.05) is 18.5 Å². The average Bonchev–Trinajstić information content (AvgIpc) is 2.74. The van der Waals surface area contributed by atoms with Crippen molar-refractivity contribution in [3.05, 3.63) is 23.4 Å². The Bertz CT molecular complexity index is 712. The zero-order valence-electron chi connectivity index (χ0n) is 19.0. The van der Waals surface area contributed by atoms with Gasteiger partial charge in [-0.3, -0.25) is 10.2 Å². The van der Waals surface area contributed by atoms with Gasteiger partial charge in [0.1, 0.15) is 5.82 Å². The molecule has 2 atom stereocenters. The average molecular weight is 418 g/mol. The van der Waals surface area contributed by atoms with E-state index in [1.165, 1.54) is 39.0 Å². The summed E-state index contributed by atoms with van der Waals surface area (Å²) in [6, 6.07) is 2.46. The second kappa shape index (κ2) is 11.4. The monoisotopic (exact) mass is 417 g/mol. The van der Waals surface area contributed by atoms with Gasteiger partial charge >= 0.3 is 0 Å². The molecule has 1 amide bonds. The SMILES string of the molecule is CCC(NC1CCCCC1)C(CC)(CO)CNc1ncc(C)cc1C(=O)NC(C)=N. The third-order valence-corrected chi connectivity index (χ3v) is 6.39. The zero-order valence-corrected chi connectivity index (χ0v) is 19.0. The minimum atomic E-state index is -0.357. The summed E-state index contributed by atoms with van der Waals surface area (Å²) in [5.74, 6) is 0.228. The van der Waals surface area contributed by atoms with Gasteiger partial charge < -0.3 is 21.1 Å². The molecular weight excluding hydrogens is 378 g/mol. The van der Waals surface area contributed by atoms with Crippen LogP contribution in [-0.4, -0.2) is 47.1 Å². The van der Waals surface area contributed by atoms with E-state index in [9.17, 15) is 9.90 Å². The van der Waals surface area contributed by atoms with E-state index in [2.05, 4.69) is 34.8 Å². The number of nitrogens with zero attached hydrogens (tertiary/aromatic N) is 1. The van der Waals surface area contributed by atoms with E-state index in [1.807, 2.05) is 6.92 Å². The highest BCUT2D eigenvalue weighted by atomic mass is 16.3. The second-order valence-electron chi connectivity index (χ2n) is 8.68. The molecule has 5 N–H and O–H groups in total. The van der Waals surface area contributed by atoms with Gasteiger partial charge in [-0.15, -0.1) is 0 Å². The third kappa shape index (κ3) is 6.25. The molecule has 0 aliphatic heterocycles. The Morgan fingerprint density at radius 3 is 2.60 bits per heavy atom. The number of aliphatic hydroxyl groups is 1. The lowest BCUT2D eigenvalue weighted by molar-refractivity contribution is 0.0767. The largest absolute Gasteiger partial charge is 0.396 e. The highest BCUT2D eigenvalue weighted by molar-refractivity contribution is 6.07. The number of amides is 1. The topological polar surface area (TPSA) is 110 Å². The first kappa shape index (κ1) is 24.3. The van der Waals surface area contributed by atoms with E-state index in [0.717, 1.165) is 18.4 Å². The Labute approximate surface area is 181 Å². The number of nitrogens with one attached hydrogen (secondary N) is 4. The Morgan fingerprint density at radius 1 is 1.33 bits per heavy atom. The van der Waals surface area contributed by atoms with Crippen molar-refractivity contribution in [2.45, 2.75) is 84.7 Å². The van der Waals surface area contributed by atoms with Crippen LogP contribution in [0.3, 0.4) is 0 Å². The molecule has 2 unspecified atom stereocenters. The van der Waals surface area contributed by atoms with Crippen LogP contribution in [0.25, 0.3) is 0 Å². The zero-order chi connectivity index (χ0) is 22.1. The smallest absolute Gasteiger partial charge is 0.260 e. The van der Waals surface area contributed by atoms with Gasteiger partial charge in [-0.25, -0.2) is 4.98 Å². The van der Waals surface area contributed by atoms with Crippen molar-refractivity contribution < 1.29 is 9.90 Å². The molecular formula is C23H39N5O2. The number of aromatic nitrogens is 1. The molecule has 168 valence electrons. The normalized spacial score (nSPS) is 17.8. The van der Waals surface area contributed by atoms with Crippen LogP contribution in [-0.2, 0) is 0 Å². The number of aryl methyl sites for hydroxylation is 1. The number of pyridine rings is 1.